The maximum Gasteiger partial charge on any atom is 0.209 e. The van der Waals surface area contributed by atoms with E-state index < -0.39 is 0 Å². The number of anilines is 1. The fourth-order valence-corrected chi connectivity index (χ4v) is 4.53. The van der Waals surface area contributed by atoms with Crippen LogP contribution in [0.15, 0.2) is 54.6 Å². The summed E-state index contributed by atoms with van der Waals surface area (Å²) in [6.07, 6.45) is 1.07. The van der Waals surface area contributed by atoms with Crippen LogP contribution < -0.4 is 14.5 Å². The number of tetrazole rings is 1. The highest BCUT2D eigenvalue weighted by atomic mass is 16.5. The molecular weight excluding hydrogens is 388 g/mol. The number of rotatable bonds is 8. The van der Waals surface area contributed by atoms with Gasteiger partial charge in [0.05, 0.1) is 45.5 Å². The number of hydrogen-bond donors (Lipinski definition) is 1. The smallest absolute Gasteiger partial charge is 0.209 e. The molecule has 2 aromatic carbocycles. The lowest BCUT2D eigenvalue weighted by molar-refractivity contribution is -0.934. The second kappa shape index (κ2) is 9.92. The van der Waals surface area contributed by atoms with Crippen molar-refractivity contribution >= 4 is 5.69 Å². The molecule has 1 aliphatic rings. The summed E-state index contributed by atoms with van der Waals surface area (Å²) in [7, 11) is 1.74. The minimum atomic E-state index is 0.290. The molecule has 0 bridgehead atoms. The van der Waals surface area contributed by atoms with E-state index in [0.29, 0.717) is 18.5 Å². The zero-order valence-corrected chi connectivity index (χ0v) is 18.7. The van der Waals surface area contributed by atoms with Crippen molar-refractivity contribution in [3.05, 3.63) is 66.0 Å². The number of para-hydroxylation sites is 2. The molecule has 4 rings (SSSR count). The second-order valence-electron chi connectivity index (χ2n) is 8.68. The minimum Gasteiger partial charge on any atom is -0.495 e. The van der Waals surface area contributed by atoms with Crippen molar-refractivity contribution in [1.82, 2.24) is 20.2 Å². The normalized spacial score (nSPS) is 15.9. The molecule has 0 unspecified atom stereocenters. The Morgan fingerprint density at radius 2 is 1.71 bits per heavy atom. The molecule has 1 atom stereocenters. The Bertz CT molecular complexity index is 949. The molecule has 1 saturated heterocycles. The SMILES string of the molecule is COc1ccccc1N1CC[NH+]([C@H](CC(C)C)c2nnnn2Cc2ccccc2)CC1. The van der Waals surface area contributed by atoms with Gasteiger partial charge in [0.15, 0.2) is 0 Å². The van der Waals surface area contributed by atoms with Gasteiger partial charge in [-0.25, -0.2) is 4.68 Å². The van der Waals surface area contributed by atoms with Crippen LogP contribution in [0.2, 0.25) is 0 Å². The number of hydrogen-bond acceptors (Lipinski definition) is 5. The van der Waals surface area contributed by atoms with Crippen LogP contribution in [0.4, 0.5) is 5.69 Å². The van der Waals surface area contributed by atoms with E-state index in [1.54, 1.807) is 12.0 Å². The van der Waals surface area contributed by atoms with Crippen LogP contribution in [0, 0.1) is 5.92 Å². The number of aromatic nitrogens is 4. The van der Waals surface area contributed by atoms with E-state index in [0.717, 1.165) is 44.2 Å². The van der Waals surface area contributed by atoms with Gasteiger partial charge in [-0.3, -0.25) is 0 Å². The van der Waals surface area contributed by atoms with Gasteiger partial charge in [0.25, 0.3) is 0 Å². The average molecular weight is 422 g/mol. The molecule has 1 aliphatic heterocycles. The summed E-state index contributed by atoms with van der Waals surface area (Å²) in [6.45, 7) is 9.35. The van der Waals surface area contributed by atoms with Crippen molar-refractivity contribution in [1.29, 1.82) is 0 Å². The number of nitrogens with zero attached hydrogens (tertiary/aromatic N) is 5. The van der Waals surface area contributed by atoms with Gasteiger partial charge < -0.3 is 14.5 Å². The van der Waals surface area contributed by atoms with Crippen LogP contribution in [0.1, 0.15) is 37.7 Å². The van der Waals surface area contributed by atoms with E-state index in [-0.39, 0.29) is 0 Å². The number of nitrogens with one attached hydrogen (secondary N) is 1. The predicted octanol–water partition coefficient (Wildman–Crippen LogP) is 2.22. The molecule has 0 spiro atoms. The van der Waals surface area contributed by atoms with Crippen molar-refractivity contribution in [3.8, 4) is 5.75 Å². The van der Waals surface area contributed by atoms with E-state index in [1.807, 2.05) is 22.9 Å². The van der Waals surface area contributed by atoms with E-state index in [9.17, 15) is 0 Å². The van der Waals surface area contributed by atoms with Crippen LogP contribution in [-0.4, -0.2) is 53.5 Å². The van der Waals surface area contributed by atoms with E-state index in [4.69, 9.17) is 4.74 Å². The summed E-state index contributed by atoms with van der Waals surface area (Å²) >= 11 is 0. The zero-order chi connectivity index (χ0) is 21.6. The van der Waals surface area contributed by atoms with Gasteiger partial charge in [-0.15, -0.1) is 5.10 Å². The Kier molecular flexibility index (Phi) is 6.82. The van der Waals surface area contributed by atoms with Gasteiger partial charge in [-0.1, -0.05) is 56.3 Å². The molecule has 2 heterocycles. The Morgan fingerprint density at radius 3 is 2.42 bits per heavy atom. The molecule has 164 valence electrons. The zero-order valence-electron chi connectivity index (χ0n) is 18.7. The topological polar surface area (TPSA) is 60.5 Å². The average Bonchev–Trinajstić information content (AvgIpc) is 3.26. The van der Waals surface area contributed by atoms with Gasteiger partial charge in [0.1, 0.15) is 11.8 Å². The third-order valence-electron chi connectivity index (χ3n) is 6.08. The summed E-state index contributed by atoms with van der Waals surface area (Å²) in [5.41, 5.74) is 2.40. The van der Waals surface area contributed by atoms with Crippen LogP contribution in [-0.2, 0) is 6.54 Å². The lowest BCUT2D eigenvalue weighted by Crippen LogP contribution is -3.15. The summed E-state index contributed by atoms with van der Waals surface area (Å²) in [5.74, 6) is 2.52. The van der Waals surface area contributed by atoms with Gasteiger partial charge in [-0.2, -0.15) is 0 Å². The van der Waals surface area contributed by atoms with Crippen LogP contribution in [0.3, 0.4) is 0 Å². The number of ether oxygens (including phenoxy) is 1. The highest BCUT2D eigenvalue weighted by Gasteiger charge is 2.33. The van der Waals surface area contributed by atoms with Crippen molar-refractivity contribution in [3.63, 3.8) is 0 Å². The highest BCUT2D eigenvalue weighted by molar-refractivity contribution is 5.58. The number of piperazine rings is 1. The number of methoxy groups -OCH3 is 1. The summed E-state index contributed by atoms with van der Waals surface area (Å²) in [5, 5.41) is 12.9. The lowest BCUT2D eigenvalue weighted by atomic mass is 10.0. The van der Waals surface area contributed by atoms with E-state index in [1.165, 1.54) is 11.3 Å². The molecule has 7 nitrogen and oxygen atoms in total. The van der Waals surface area contributed by atoms with Crippen molar-refractivity contribution in [2.45, 2.75) is 32.9 Å². The highest BCUT2D eigenvalue weighted by Crippen LogP contribution is 2.27. The molecule has 7 heteroatoms. The third kappa shape index (κ3) is 5.05. The Morgan fingerprint density at radius 1 is 1.00 bits per heavy atom. The Hall–Kier alpha value is -2.93. The molecule has 0 saturated carbocycles. The van der Waals surface area contributed by atoms with E-state index >= 15 is 0 Å². The molecule has 0 aliphatic carbocycles. The molecular formula is C24H33N6O+. The van der Waals surface area contributed by atoms with Gasteiger partial charge in [-0.05, 0) is 34.0 Å². The maximum absolute atomic E-state index is 5.58. The van der Waals surface area contributed by atoms with Gasteiger partial charge >= 0.3 is 0 Å². The molecule has 0 radical (unpaired) electrons. The molecule has 3 aromatic rings. The van der Waals surface area contributed by atoms with Crippen molar-refractivity contribution in [2.24, 2.45) is 5.92 Å². The molecule has 1 N–H and O–H groups in total. The first kappa shape index (κ1) is 21.3. The molecule has 31 heavy (non-hydrogen) atoms. The Labute approximate surface area is 184 Å². The lowest BCUT2D eigenvalue weighted by Gasteiger charge is -2.38. The van der Waals surface area contributed by atoms with Gasteiger partial charge in [0, 0.05) is 6.42 Å². The maximum atomic E-state index is 5.58. The second-order valence-corrected chi connectivity index (χ2v) is 8.68. The minimum absolute atomic E-state index is 0.290. The largest absolute Gasteiger partial charge is 0.495 e. The first-order chi connectivity index (χ1) is 15.2. The van der Waals surface area contributed by atoms with Gasteiger partial charge in [0.2, 0.25) is 5.82 Å². The van der Waals surface area contributed by atoms with Crippen LogP contribution in [0.5, 0.6) is 5.75 Å². The van der Waals surface area contributed by atoms with Crippen LogP contribution in [0.25, 0.3) is 0 Å². The monoisotopic (exact) mass is 421 g/mol. The van der Waals surface area contributed by atoms with Crippen molar-refractivity contribution < 1.29 is 9.64 Å². The quantitative estimate of drug-likeness (QED) is 0.604. The molecule has 1 aromatic heterocycles. The first-order valence-electron chi connectivity index (χ1n) is 11.2. The molecule has 0 amide bonds. The van der Waals surface area contributed by atoms with E-state index in [2.05, 4.69) is 70.7 Å². The predicted molar refractivity (Wildman–Crippen MR) is 121 cm³/mol. The standard InChI is InChI=1S/C24H32N6O/c1-19(2)17-22(24-25-26-27-30(24)18-20-9-5-4-6-10-20)29-15-13-28(14-16-29)21-11-7-8-12-23(21)31-3/h4-12,19,22H,13-18H2,1-3H3/p+1/t22-/m1/s1. The third-order valence-corrected chi connectivity index (χ3v) is 6.08. The fourth-order valence-electron chi connectivity index (χ4n) is 4.53. The van der Waals surface area contributed by atoms with Crippen molar-refractivity contribution in [2.75, 3.05) is 38.2 Å². The Balaban J connectivity index is 1.50. The van der Waals surface area contributed by atoms with Crippen LogP contribution >= 0.6 is 0 Å². The molecule has 1 fully saturated rings. The number of benzene rings is 2. The fraction of sp³-hybridized carbons (Fsp3) is 0.458. The summed E-state index contributed by atoms with van der Waals surface area (Å²) in [4.78, 5) is 3.99. The first-order valence-corrected chi connectivity index (χ1v) is 11.2. The number of quaternary nitrogens is 1. The summed E-state index contributed by atoms with van der Waals surface area (Å²) in [6, 6.07) is 19.0. The summed E-state index contributed by atoms with van der Waals surface area (Å²) < 4.78 is 7.57.